The predicted molar refractivity (Wildman–Crippen MR) is 132 cm³/mol. The van der Waals surface area contributed by atoms with Gasteiger partial charge < -0.3 is 20.6 Å². The number of amides is 1. The van der Waals surface area contributed by atoms with E-state index in [1.54, 1.807) is 0 Å². The summed E-state index contributed by atoms with van der Waals surface area (Å²) >= 11 is 0. The summed E-state index contributed by atoms with van der Waals surface area (Å²) in [6, 6.07) is 0. The van der Waals surface area contributed by atoms with Crippen LogP contribution in [0, 0.1) is 46.3 Å². The molecule has 0 aromatic carbocycles. The Labute approximate surface area is 210 Å². The first kappa shape index (κ1) is 27.3. The van der Waals surface area contributed by atoms with E-state index in [-0.39, 0.29) is 41.2 Å². The second kappa shape index (κ2) is 9.86. The molecule has 8 nitrogen and oxygen atoms in total. The average Bonchev–Trinajstić information content (AvgIpc) is 3.13. The van der Waals surface area contributed by atoms with Crippen molar-refractivity contribution in [2.24, 2.45) is 46.3 Å². The van der Waals surface area contributed by atoms with E-state index in [9.17, 15) is 28.5 Å². The molecule has 0 aromatic rings. The van der Waals surface area contributed by atoms with Gasteiger partial charge in [-0.2, -0.15) is 8.42 Å². The molecule has 1 unspecified atom stereocenters. The molecule has 0 heterocycles. The number of carbonyl (C=O) groups is 1. The normalized spacial score (nSPS) is 46.3. The van der Waals surface area contributed by atoms with Gasteiger partial charge in [0.05, 0.1) is 24.1 Å². The molecule has 1 amide bonds. The molecule has 4 saturated carbocycles. The molecule has 5 N–H and O–H groups in total. The number of carbonyl (C=O) groups excluding carboxylic acids is 1. The summed E-state index contributed by atoms with van der Waals surface area (Å²) in [6.07, 6.45) is 5.54. The number of aliphatic hydroxyl groups is 3. The first-order chi connectivity index (χ1) is 16.3. The summed E-state index contributed by atoms with van der Waals surface area (Å²) in [5.74, 6) is 0.781. The van der Waals surface area contributed by atoms with Crippen molar-refractivity contribution in [3.63, 3.8) is 0 Å². The second-order valence-corrected chi connectivity index (χ2v) is 14.3. The number of aliphatic hydroxyl groups excluding tert-OH is 3. The molecule has 0 aromatic heterocycles. The molecule has 4 aliphatic carbocycles. The lowest BCUT2D eigenvalue weighted by molar-refractivity contribution is -0.223. The maximum Gasteiger partial charge on any atom is 0.266 e. The van der Waals surface area contributed by atoms with Gasteiger partial charge in [-0.1, -0.05) is 20.8 Å². The van der Waals surface area contributed by atoms with Crippen LogP contribution < -0.4 is 5.32 Å². The Morgan fingerprint density at radius 2 is 1.63 bits per heavy atom. The fourth-order valence-corrected chi connectivity index (χ4v) is 9.54. The van der Waals surface area contributed by atoms with Gasteiger partial charge in [0.2, 0.25) is 5.91 Å². The van der Waals surface area contributed by atoms with E-state index in [2.05, 4.69) is 26.1 Å². The van der Waals surface area contributed by atoms with Crippen LogP contribution in [0.4, 0.5) is 0 Å². The van der Waals surface area contributed by atoms with Crippen LogP contribution in [0.25, 0.3) is 0 Å². The number of rotatable bonds is 7. The smallest absolute Gasteiger partial charge is 0.266 e. The fraction of sp³-hybridized carbons (Fsp3) is 0.962. The third-order valence-electron chi connectivity index (χ3n) is 11.0. The van der Waals surface area contributed by atoms with Crippen LogP contribution in [-0.4, -0.2) is 64.8 Å². The van der Waals surface area contributed by atoms with E-state index in [0.717, 1.165) is 38.5 Å². The zero-order valence-electron chi connectivity index (χ0n) is 21.4. The number of hydrogen-bond donors (Lipinski definition) is 5. The quantitative estimate of drug-likeness (QED) is 0.327. The summed E-state index contributed by atoms with van der Waals surface area (Å²) in [4.78, 5) is 12.2. The van der Waals surface area contributed by atoms with E-state index in [0.29, 0.717) is 42.9 Å². The van der Waals surface area contributed by atoms with E-state index in [4.69, 9.17) is 4.55 Å². The number of hydrogen-bond acceptors (Lipinski definition) is 6. The largest absolute Gasteiger partial charge is 0.393 e. The SMILES string of the molecule is C[C@H](CCC(=O)NCCS(=O)(=O)O)C1CC[C@H]2[C@@H]3[C@H](O)[C@@H](O)[C@@H]4C[C@H](O)CC[C@]4(C)[C@H]3CC[C@]12C. The molecule has 0 saturated heterocycles. The Hall–Kier alpha value is -0.740. The van der Waals surface area contributed by atoms with Gasteiger partial charge in [0.1, 0.15) is 0 Å². The van der Waals surface area contributed by atoms with Gasteiger partial charge in [0, 0.05) is 13.0 Å². The average molecular weight is 516 g/mol. The highest BCUT2D eigenvalue weighted by atomic mass is 32.2. The summed E-state index contributed by atoms with van der Waals surface area (Å²) in [5, 5.41) is 35.4. The van der Waals surface area contributed by atoms with Crippen molar-refractivity contribution in [2.45, 2.75) is 96.9 Å². The van der Waals surface area contributed by atoms with Crippen LogP contribution in [0.15, 0.2) is 0 Å². The Morgan fingerprint density at radius 1 is 0.971 bits per heavy atom. The minimum atomic E-state index is -4.08. The minimum Gasteiger partial charge on any atom is -0.393 e. The van der Waals surface area contributed by atoms with Gasteiger partial charge in [-0.3, -0.25) is 9.35 Å². The third kappa shape index (κ3) is 5.05. The van der Waals surface area contributed by atoms with Gasteiger partial charge in [-0.05, 0) is 97.7 Å². The van der Waals surface area contributed by atoms with Crippen LogP contribution >= 0.6 is 0 Å². The standard InChI is InChI=1S/C26H45NO7S/c1-15(4-7-21(29)27-12-13-35(32,33)34)17-5-6-18-22-19(9-11-25(17,18)2)26(3)10-8-16(28)14-20(26)23(30)24(22)31/h15-20,22-24,28,30-31H,4-14H2,1-3H3,(H,27,29)(H,32,33,34)/t15-,16-,17?,18+,19+,20+,22+,23+,24+,25-,26-/m1/s1. The van der Waals surface area contributed by atoms with Crippen LogP contribution in [0.1, 0.15) is 78.6 Å². The predicted octanol–water partition coefficient (Wildman–Crippen LogP) is 2.37. The first-order valence-electron chi connectivity index (χ1n) is 13.5. The van der Waals surface area contributed by atoms with Crippen molar-refractivity contribution in [3.8, 4) is 0 Å². The molecule has 4 aliphatic rings. The summed E-state index contributed by atoms with van der Waals surface area (Å²) in [5.41, 5.74) is 0.00776. The lowest BCUT2D eigenvalue weighted by atomic mass is 9.43. The highest BCUT2D eigenvalue weighted by Crippen LogP contribution is 2.68. The molecule has 0 bridgehead atoms. The molecule has 4 rings (SSSR count). The molecule has 9 heteroatoms. The Morgan fingerprint density at radius 3 is 2.31 bits per heavy atom. The maximum absolute atomic E-state index is 12.2. The van der Waals surface area contributed by atoms with Crippen LogP contribution in [0.5, 0.6) is 0 Å². The minimum absolute atomic E-state index is 0.0479. The Kier molecular flexibility index (Phi) is 7.69. The number of fused-ring (bicyclic) bond motifs is 5. The number of nitrogens with one attached hydrogen (secondary N) is 1. The molecule has 11 atom stereocenters. The van der Waals surface area contributed by atoms with E-state index >= 15 is 0 Å². The van der Waals surface area contributed by atoms with E-state index in [1.165, 1.54) is 0 Å². The lowest BCUT2D eigenvalue weighted by Crippen LogP contribution is -2.64. The highest BCUT2D eigenvalue weighted by Gasteiger charge is 2.65. The van der Waals surface area contributed by atoms with Crippen molar-refractivity contribution in [1.82, 2.24) is 5.32 Å². The van der Waals surface area contributed by atoms with Gasteiger partial charge in [0.25, 0.3) is 10.1 Å². The van der Waals surface area contributed by atoms with Crippen molar-refractivity contribution < 1.29 is 33.1 Å². The van der Waals surface area contributed by atoms with Crippen LogP contribution in [-0.2, 0) is 14.9 Å². The van der Waals surface area contributed by atoms with Gasteiger partial charge in [-0.25, -0.2) is 0 Å². The van der Waals surface area contributed by atoms with Gasteiger partial charge >= 0.3 is 0 Å². The second-order valence-electron chi connectivity index (χ2n) is 12.7. The third-order valence-corrected chi connectivity index (χ3v) is 11.7. The molecule has 35 heavy (non-hydrogen) atoms. The topological polar surface area (TPSA) is 144 Å². The molecule has 0 spiro atoms. The summed E-state index contributed by atoms with van der Waals surface area (Å²) < 4.78 is 30.5. The maximum atomic E-state index is 12.2. The van der Waals surface area contributed by atoms with Crippen LogP contribution in [0.3, 0.4) is 0 Å². The summed E-state index contributed by atoms with van der Waals surface area (Å²) in [6.45, 7) is 6.75. The highest BCUT2D eigenvalue weighted by molar-refractivity contribution is 7.85. The first-order valence-corrected chi connectivity index (χ1v) is 15.1. The Bertz CT molecular complexity index is 896. The zero-order valence-corrected chi connectivity index (χ0v) is 22.2. The fourth-order valence-electron chi connectivity index (χ4n) is 9.18. The molecule has 4 fully saturated rings. The molecule has 0 aliphatic heterocycles. The van der Waals surface area contributed by atoms with Crippen molar-refractivity contribution in [1.29, 1.82) is 0 Å². The van der Waals surface area contributed by atoms with Crippen molar-refractivity contribution >= 4 is 16.0 Å². The van der Waals surface area contributed by atoms with Crippen LogP contribution in [0.2, 0.25) is 0 Å². The molecule has 202 valence electrons. The zero-order chi connectivity index (χ0) is 25.8. The Balaban J connectivity index is 1.42. The lowest BCUT2D eigenvalue weighted by Gasteiger charge is -2.63. The molecular weight excluding hydrogens is 470 g/mol. The monoisotopic (exact) mass is 515 g/mol. The summed E-state index contributed by atoms with van der Waals surface area (Å²) in [7, 11) is -4.08. The van der Waals surface area contributed by atoms with E-state index < -0.39 is 28.1 Å². The van der Waals surface area contributed by atoms with Crippen molar-refractivity contribution in [2.75, 3.05) is 12.3 Å². The molecule has 0 radical (unpaired) electrons. The van der Waals surface area contributed by atoms with E-state index in [1.807, 2.05) is 0 Å². The van der Waals surface area contributed by atoms with Gasteiger partial charge in [-0.15, -0.1) is 0 Å². The van der Waals surface area contributed by atoms with Gasteiger partial charge in [0.15, 0.2) is 0 Å². The molecular formula is C26H45NO7S. The van der Waals surface area contributed by atoms with Crippen molar-refractivity contribution in [3.05, 3.63) is 0 Å².